The number of hydrogen-bond acceptors (Lipinski definition) is 5. The smallest absolute Gasteiger partial charge is 0.266 e. The lowest BCUT2D eigenvalue weighted by atomic mass is 10.2. The third-order valence-corrected chi connectivity index (χ3v) is 5.76. The van der Waals surface area contributed by atoms with Crippen LogP contribution in [-0.2, 0) is 11.3 Å². The van der Waals surface area contributed by atoms with Crippen molar-refractivity contribution in [2.45, 2.75) is 52.2 Å². The van der Waals surface area contributed by atoms with Crippen LogP contribution >= 0.6 is 11.3 Å². The molecular weight excluding hydrogens is 334 g/mol. The molecule has 1 fully saturated rings. The van der Waals surface area contributed by atoms with Gasteiger partial charge in [0.25, 0.3) is 5.91 Å². The highest BCUT2D eigenvalue weighted by Gasteiger charge is 2.27. The van der Waals surface area contributed by atoms with E-state index in [1.54, 1.807) is 6.20 Å². The molecule has 2 aromatic heterocycles. The third kappa shape index (κ3) is 4.44. The average molecular weight is 359 g/mol. The van der Waals surface area contributed by atoms with E-state index in [9.17, 15) is 4.79 Å². The van der Waals surface area contributed by atoms with Crippen LogP contribution in [0.2, 0.25) is 0 Å². The highest BCUT2D eigenvalue weighted by molar-refractivity contribution is 7.13. The first-order chi connectivity index (χ1) is 12.0. The minimum Gasteiger partial charge on any atom is -0.376 e. The predicted octanol–water partition coefficient (Wildman–Crippen LogP) is 3.79. The summed E-state index contributed by atoms with van der Waals surface area (Å²) in [5, 5.41) is 1.01. The lowest BCUT2D eigenvalue weighted by Crippen LogP contribution is -2.37. The molecule has 2 aromatic rings. The lowest BCUT2D eigenvalue weighted by molar-refractivity contribution is 0.0507. The van der Waals surface area contributed by atoms with Crippen LogP contribution in [0.3, 0.4) is 0 Å². The topological polar surface area (TPSA) is 55.3 Å². The summed E-state index contributed by atoms with van der Waals surface area (Å²) in [7, 11) is 0. The zero-order chi connectivity index (χ0) is 17.8. The van der Waals surface area contributed by atoms with Crippen molar-refractivity contribution in [3.8, 4) is 0 Å². The van der Waals surface area contributed by atoms with Crippen LogP contribution in [-0.4, -0.2) is 40.0 Å². The molecule has 1 aliphatic rings. The summed E-state index contributed by atoms with van der Waals surface area (Å²) < 4.78 is 5.75. The fraction of sp³-hybridized carbons (Fsp3) is 0.526. The van der Waals surface area contributed by atoms with Gasteiger partial charge >= 0.3 is 0 Å². The fourth-order valence-electron chi connectivity index (χ4n) is 2.95. The van der Waals surface area contributed by atoms with Crippen LogP contribution < -0.4 is 0 Å². The molecule has 1 aliphatic heterocycles. The molecule has 0 spiro atoms. The molecule has 1 unspecified atom stereocenters. The normalized spacial score (nSPS) is 17.2. The van der Waals surface area contributed by atoms with Crippen LogP contribution in [0.15, 0.2) is 24.4 Å². The minimum absolute atomic E-state index is 0.0306. The Balaban J connectivity index is 1.83. The summed E-state index contributed by atoms with van der Waals surface area (Å²) in [5.74, 6) is 0.357. The summed E-state index contributed by atoms with van der Waals surface area (Å²) in [5.41, 5.74) is 1.71. The summed E-state index contributed by atoms with van der Waals surface area (Å²) in [6, 6.07) is 5.79. The van der Waals surface area contributed by atoms with E-state index in [0.717, 1.165) is 40.7 Å². The number of thiazole rings is 1. The number of nitrogens with zero attached hydrogens (tertiary/aromatic N) is 3. The van der Waals surface area contributed by atoms with E-state index >= 15 is 0 Å². The van der Waals surface area contributed by atoms with Crippen molar-refractivity contribution < 1.29 is 9.53 Å². The van der Waals surface area contributed by atoms with E-state index in [-0.39, 0.29) is 12.0 Å². The number of ether oxygens (including phenoxy) is 1. The monoisotopic (exact) mass is 359 g/mol. The van der Waals surface area contributed by atoms with E-state index in [1.807, 2.05) is 30.0 Å². The Morgan fingerprint density at radius 3 is 2.88 bits per heavy atom. The molecular formula is C19H25N3O2S. The molecule has 3 heterocycles. The van der Waals surface area contributed by atoms with Gasteiger partial charge in [0.1, 0.15) is 4.88 Å². The van der Waals surface area contributed by atoms with Gasteiger partial charge in [-0.25, -0.2) is 4.98 Å². The van der Waals surface area contributed by atoms with Crippen molar-refractivity contribution in [1.82, 2.24) is 14.9 Å². The first-order valence-corrected chi connectivity index (χ1v) is 9.64. The van der Waals surface area contributed by atoms with Crippen molar-refractivity contribution >= 4 is 17.2 Å². The Bertz CT molecular complexity index is 709. The number of carbonyl (C=O) groups is 1. The van der Waals surface area contributed by atoms with Gasteiger partial charge in [-0.3, -0.25) is 9.78 Å². The van der Waals surface area contributed by atoms with Gasteiger partial charge in [0.05, 0.1) is 29.0 Å². The van der Waals surface area contributed by atoms with E-state index in [4.69, 9.17) is 4.74 Å². The number of pyridine rings is 1. The molecule has 134 valence electrons. The Kier molecular flexibility index (Phi) is 5.81. The first-order valence-electron chi connectivity index (χ1n) is 8.82. The first kappa shape index (κ1) is 18.0. The summed E-state index contributed by atoms with van der Waals surface area (Å²) >= 11 is 1.51. The van der Waals surface area contributed by atoms with Crippen molar-refractivity contribution in [1.29, 1.82) is 0 Å². The van der Waals surface area contributed by atoms with Crippen molar-refractivity contribution in [3.63, 3.8) is 0 Å². The van der Waals surface area contributed by atoms with Gasteiger partial charge in [-0.05, 0) is 31.9 Å². The molecule has 0 aromatic carbocycles. The molecule has 25 heavy (non-hydrogen) atoms. The number of aryl methyl sites for hydroxylation is 1. The second-order valence-electron chi connectivity index (χ2n) is 6.76. The molecule has 0 N–H and O–H groups in total. The maximum atomic E-state index is 13.2. The van der Waals surface area contributed by atoms with Crippen LogP contribution in [0.25, 0.3) is 0 Å². The van der Waals surface area contributed by atoms with Gasteiger partial charge in [0.15, 0.2) is 0 Å². The van der Waals surface area contributed by atoms with Crippen LogP contribution in [0.5, 0.6) is 0 Å². The second-order valence-corrected chi connectivity index (χ2v) is 7.79. The van der Waals surface area contributed by atoms with Crippen molar-refractivity contribution in [2.75, 3.05) is 13.2 Å². The summed E-state index contributed by atoms with van der Waals surface area (Å²) in [6.45, 7) is 8.00. The molecule has 1 saturated heterocycles. The maximum Gasteiger partial charge on any atom is 0.266 e. The van der Waals surface area contributed by atoms with Crippen LogP contribution in [0.1, 0.15) is 58.7 Å². The van der Waals surface area contributed by atoms with Crippen LogP contribution in [0.4, 0.5) is 0 Å². The maximum absolute atomic E-state index is 13.2. The number of aromatic nitrogens is 2. The summed E-state index contributed by atoms with van der Waals surface area (Å²) in [6.07, 6.45) is 3.95. The number of carbonyl (C=O) groups excluding carboxylic acids is 1. The van der Waals surface area contributed by atoms with Gasteiger partial charge in [-0.2, -0.15) is 0 Å². The highest BCUT2D eigenvalue weighted by atomic mass is 32.1. The molecule has 1 atom stereocenters. The van der Waals surface area contributed by atoms with Gasteiger partial charge in [-0.15, -0.1) is 11.3 Å². The lowest BCUT2D eigenvalue weighted by Gasteiger charge is -2.25. The van der Waals surface area contributed by atoms with Crippen molar-refractivity contribution in [2.24, 2.45) is 0 Å². The van der Waals surface area contributed by atoms with Gasteiger partial charge in [-0.1, -0.05) is 19.9 Å². The minimum atomic E-state index is 0.0306. The molecule has 5 nitrogen and oxygen atoms in total. The highest BCUT2D eigenvalue weighted by Crippen LogP contribution is 2.27. The Labute approximate surface area is 153 Å². The fourth-order valence-corrected chi connectivity index (χ4v) is 3.98. The van der Waals surface area contributed by atoms with Gasteiger partial charge < -0.3 is 9.64 Å². The van der Waals surface area contributed by atoms with E-state index in [0.29, 0.717) is 19.0 Å². The molecule has 0 radical (unpaired) electrons. The largest absolute Gasteiger partial charge is 0.376 e. The number of rotatable bonds is 6. The van der Waals surface area contributed by atoms with E-state index in [2.05, 4.69) is 23.8 Å². The van der Waals surface area contributed by atoms with E-state index in [1.165, 1.54) is 11.3 Å². The Hall–Kier alpha value is -1.79. The zero-order valence-corrected chi connectivity index (χ0v) is 15.9. The Morgan fingerprint density at radius 1 is 1.44 bits per heavy atom. The van der Waals surface area contributed by atoms with Gasteiger partial charge in [0, 0.05) is 25.3 Å². The molecule has 1 amide bonds. The average Bonchev–Trinajstić information content (AvgIpc) is 3.24. The van der Waals surface area contributed by atoms with E-state index < -0.39 is 0 Å². The number of hydrogen-bond donors (Lipinski definition) is 0. The number of amides is 1. The van der Waals surface area contributed by atoms with Crippen molar-refractivity contribution in [3.05, 3.63) is 45.7 Å². The molecule has 6 heteroatoms. The second kappa shape index (κ2) is 8.06. The zero-order valence-electron chi connectivity index (χ0n) is 15.1. The Morgan fingerprint density at radius 2 is 2.28 bits per heavy atom. The predicted molar refractivity (Wildman–Crippen MR) is 98.9 cm³/mol. The SMILES string of the molecule is Cc1nc(C(C)C)sc1C(=O)N(Cc1ccccn1)CC1CCCO1. The molecule has 0 bridgehead atoms. The molecule has 0 aliphatic carbocycles. The molecule has 3 rings (SSSR count). The van der Waals surface area contributed by atoms with Gasteiger partial charge in [0.2, 0.25) is 0 Å². The molecule has 0 saturated carbocycles. The standard InChI is InChI=1S/C19H25N3O2S/c1-13(2)18-21-14(3)17(25-18)19(23)22(12-16-8-6-10-24-16)11-15-7-4-5-9-20-15/h4-5,7,9,13,16H,6,8,10-12H2,1-3H3. The third-order valence-electron chi connectivity index (χ3n) is 4.32. The summed E-state index contributed by atoms with van der Waals surface area (Å²) in [4.78, 5) is 24.8. The van der Waals surface area contributed by atoms with Crippen LogP contribution in [0, 0.1) is 6.92 Å². The quantitative estimate of drug-likeness (QED) is 0.787.